The number of carbonyl (C=O) groups is 1. The highest BCUT2D eigenvalue weighted by atomic mass is 32.1. The second-order valence-corrected chi connectivity index (χ2v) is 5.50. The zero-order chi connectivity index (χ0) is 14.1. The number of rotatable bonds is 3. The second-order valence-electron chi connectivity index (χ2n) is 4.44. The molecular weight excluding hydrogens is 274 g/mol. The number of benzene rings is 1. The summed E-state index contributed by atoms with van der Waals surface area (Å²) in [6.07, 6.45) is 1.71. The van der Waals surface area contributed by atoms with E-state index < -0.39 is 0 Å². The molecule has 3 aromatic rings. The van der Waals surface area contributed by atoms with Gasteiger partial charge in [-0.05, 0) is 25.1 Å². The van der Waals surface area contributed by atoms with E-state index in [0.29, 0.717) is 17.2 Å². The first-order valence-electron chi connectivity index (χ1n) is 6.06. The van der Waals surface area contributed by atoms with E-state index in [1.54, 1.807) is 24.4 Å². The summed E-state index contributed by atoms with van der Waals surface area (Å²) in [5, 5.41) is 10.1. The van der Waals surface area contributed by atoms with E-state index in [9.17, 15) is 4.79 Å². The van der Waals surface area contributed by atoms with Gasteiger partial charge in [-0.15, -0.1) is 0 Å². The molecule has 0 aliphatic carbocycles. The van der Waals surface area contributed by atoms with Gasteiger partial charge in [0.05, 0.1) is 16.4 Å². The van der Waals surface area contributed by atoms with E-state index in [0.717, 1.165) is 21.5 Å². The monoisotopic (exact) mass is 287 g/mol. The molecular formula is C13H13N5OS. The molecule has 0 aliphatic rings. The number of hydrogen-bond donors (Lipinski definition) is 3. The minimum atomic E-state index is -0.125. The summed E-state index contributed by atoms with van der Waals surface area (Å²) in [5.41, 5.74) is 8.99. The molecule has 0 aliphatic heterocycles. The van der Waals surface area contributed by atoms with E-state index in [1.807, 2.05) is 6.92 Å². The number of carbonyl (C=O) groups excluding carboxylic acids is 1. The minimum Gasteiger partial charge on any atom is -0.375 e. The van der Waals surface area contributed by atoms with Gasteiger partial charge in [0.15, 0.2) is 5.13 Å². The molecule has 1 amide bonds. The van der Waals surface area contributed by atoms with Gasteiger partial charge in [-0.3, -0.25) is 9.89 Å². The van der Waals surface area contributed by atoms with Gasteiger partial charge in [0.2, 0.25) is 0 Å². The standard InChI is InChI=1S/C13H13N5OS/c1-7-9(6-16-18-7)5-15-12(19)8-2-3-10-11(4-8)20-13(14)17-10/h2-4,6H,5H2,1H3,(H2,14,17)(H,15,19)(H,16,18). The van der Waals surface area contributed by atoms with Crippen LogP contribution in [0, 0.1) is 6.92 Å². The van der Waals surface area contributed by atoms with Crippen LogP contribution in [0.2, 0.25) is 0 Å². The predicted octanol–water partition coefficient (Wildman–Crippen LogP) is 1.84. The number of aryl methyl sites for hydroxylation is 1. The average molecular weight is 287 g/mol. The number of nitrogen functional groups attached to an aromatic ring is 1. The highest BCUT2D eigenvalue weighted by molar-refractivity contribution is 7.22. The predicted molar refractivity (Wildman–Crippen MR) is 78.5 cm³/mol. The largest absolute Gasteiger partial charge is 0.375 e. The molecule has 102 valence electrons. The van der Waals surface area contributed by atoms with E-state index in [-0.39, 0.29) is 5.91 Å². The number of nitrogens with zero attached hydrogens (tertiary/aromatic N) is 2. The molecule has 6 nitrogen and oxygen atoms in total. The van der Waals surface area contributed by atoms with Crippen LogP contribution >= 0.6 is 11.3 Å². The van der Waals surface area contributed by atoms with Crippen molar-refractivity contribution in [1.29, 1.82) is 0 Å². The van der Waals surface area contributed by atoms with Crippen LogP contribution in [-0.2, 0) is 6.54 Å². The van der Waals surface area contributed by atoms with Gasteiger partial charge < -0.3 is 11.1 Å². The fraction of sp³-hybridized carbons (Fsp3) is 0.154. The molecule has 0 unspecified atom stereocenters. The number of fused-ring (bicyclic) bond motifs is 1. The third kappa shape index (κ3) is 2.35. The van der Waals surface area contributed by atoms with Crippen LogP contribution in [-0.4, -0.2) is 21.1 Å². The maximum Gasteiger partial charge on any atom is 0.251 e. The average Bonchev–Trinajstić information content (AvgIpc) is 2.99. The zero-order valence-corrected chi connectivity index (χ0v) is 11.6. The van der Waals surface area contributed by atoms with Gasteiger partial charge in [0.1, 0.15) is 0 Å². The number of hydrogen-bond acceptors (Lipinski definition) is 5. The number of aromatic nitrogens is 3. The van der Waals surface area contributed by atoms with Crippen LogP contribution in [0.25, 0.3) is 10.2 Å². The maximum atomic E-state index is 12.1. The van der Waals surface area contributed by atoms with Gasteiger partial charge in [-0.1, -0.05) is 11.3 Å². The smallest absolute Gasteiger partial charge is 0.251 e. The molecule has 4 N–H and O–H groups in total. The number of anilines is 1. The molecule has 20 heavy (non-hydrogen) atoms. The Balaban J connectivity index is 1.76. The topological polar surface area (TPSA) is 96.7 Å². The van der Waals surface area contributed by atoms with Crippen molar-refractivity contribution < 1.29 is 4.79 Å². The number of nitrogens with one attached hydrogen (secondary N) is 2. The SMILES string of the molecule is Cc1[nH]ncc1CNC(=O)c1ccc2nc(N)sc2c1. The highest BCUT2D eigenvalue weighted by Crippen LogP contribution is 2.24. The van der Waals surface area contributed by atoms with Crippen LogP contribution in [0.15, 0.2) is 24.4 Å². The molecule has 0 bridgehead atoms. The Labute approximate surface area is 119 Å². The molecule has 0 spiro atoms. The van der Waals surface area contributed by atoms with Crippen molar-refractivity contribution >= 4 is 32.6 Å². The summed E-state index contributed by atoms with van der Waals surface area (Å²) < 4.78 is 0.912. The molecule has 2 aromatic heterocycles. The lowest BCUT2D eigenvalue weighted by Gasteiger charge is -2.04. The Hall–Kier alpha value is -2.41. The van der Waals surface area contributed by atoms with Crippen molar-refractivity contribution in [3.63, 3.8) is 0 Å². The molecule has 0 radical (unpaired) electrons. The van der Waals surface area contributed by atoms with Crippen LogP contribution in [0.5, 0.6) is 0 Å². The van der Waals surface area contributed by atoms with Crippen molar-refractivity contribution in [3.05, 3.63) is 41.2 Å². The molecule has 0 saturated heterocycles. The number of amides is 1. The third-order valence-corrected chi connectivity index (χ3v) is 3.89. The molecule has 0 atom stereocenters. The Kier molecular flexibility index (Phi) is 3.11. The molecule has 3 rings (SSSR count). The number of thiazole rings is 1. The number of H-pyrrole nitrogens is 1. The molecule has 0 saturated carbocycles. The minimum absolute atomic E-state index is 0.125. The molecule has 1 aromatic carbocycles. The number of aromatic amines is 1. The third-order valence-electron chi connectivity index (χ3n) is 3.04. The lowest BCUT2D eigenvalue weighted by molar-refractivity contribution is 0.0951. The first-order chi connectivity index (χ1) is 9.63. The second kappa shape index (κ2) is 4.93. The Morgan fingerprint density at radius 1 is 1.50 bits per heavy atom. The normalized spacial score (nSPS) is 10.8. The van der Waals surface area contributed by atoms with E-state index >= 15 is 0 Å². The first kappa shape index (κ1) is 12.6. The number of nitrogens with two attached hydrogens (primary N) is 1. The molecule has 0 fully saturated rings. The fourth-order valence-corrected chi connectivity index (χ4v) is 2.69. The lowest BCUT2D eigenvalue weighted by atomic mass is 10.2. The lowest BCUT2D eigenvalue weighted by Crippen LogP contribution is -2.22. The van der Waals surface area contributed by atoms with Crippen LogP contribution in [0.1, 0.15) is 21.6 Å². The van der Waals surface area contributed by atoms with E-state index in [2.05, 4.69) is 20.5 Å². The van der Waals surface area contributed by atoms with Crippen LogP contribution < -0.4 is 11.1 Å². The van der Waals surface area contributed by atoms with Gasteiger partial charge in [-0.25, -0.2) is 4.98 Å². The van der Waals surface area contributed by atoms with Gasteiger partial charge in [0, 0.05) is 23.4 Å². The quantitative estimate of drug-likeness (QED) is 0.684. The van der Waals surface area contributed by atoms with Gasteiger partial charge in [-0.2, -0.15) is 5.10 Å². The van der Waals surface area contributed by atoms with E-state index in [1.165, 1.54) is 11.3 Å². The zero-order valence-electron chi connectivity index (χ0n) is 10.8. The van der Waals surface area contributed by atoms with Crippen molar-refractivity contribution in [3.8, 4) is 0 Å². The van der Waals surface area contributed by atoms with Crippen molar-refractivity contribution in [2.24, 2.45) is 0 Å². The Morgan fingerprint density at radius 2 is 2.35 bits per heavy atom. The highest BCUT2D eigenvalue weighted by Gasteiger charge is 2.09. The van der Waals surface area contributed by atoms with Gasteiger partial charge >= 0.3 is 0 Å². The van der Waals surface area contributed by atoms with Crippen LogP contribution in [0.4, 0.5) is 5.13 Å². The van der Waals surface area contributed by atoms with Crippen molar-refractivity contribution in [1.82, 2.24) is 20.5 Å². The van der Waals surface area contributed by atoms with Crippen molar-refractivity contribution in [2.45, 2.75) is 13.5 Å². The summed E-state index contributed by atoms with van der Waals surface area (Å²) >= 11 is 1.37. The molecule has 2 heterocycles. The maximum absolute atomic E-state index is 12.1. The Morgan fingerprint density at radius 3 is 3.10 bits per heavy atom. The first-order valence-corrected chi connectivity index (χ1v) is 6.88. The summed E-state index contributed by atoms with van der Waals surface area (Å²) in [4.78, 5) is 16.3. The summed E-state index contributed by atoms with van der Waals surface area (Å²) in [7, 11) is 0. The summed E-state index contributed by atoms with van der Waals surface area (Å²) in [6.45, 7) is 2.37. The van der Waals surface area contributed by atoms with Crippen LogP contribution in [0.3, 0.4) is 0 Å². The Bertz CT molecular complexity index is 776. The van der Waals surface area contributed by atoms with Crippen molar-refractivity contribution in [2.75, 3.05) is 5.73 Å². The van der Waals surface area contributed by atoms with Gasteiger partial charge in [0.25, 0.3) is 5.91 Å². The molecule has 7 heteroatoms. The fourth-order valence-electron chi connectivity index (χ4n) is 1.92. The summed E-state index contributed by atoms with van der Waals surface area (Å²) in [6, 6.07) is 5.36. The van der Waals surface area contributed by atoms with E-state index in [4.69, 9.17) is 5.73 Å². The summed E-state index contributed by atoms with van der Waals surface area (Å²) in [5.74, 6) is -0.125.